The molecule has 8 N–H and O–H groups in total. The second-order valence-electron chi connectivity index (χ2n) is 5.53. The zero-order valence-corrected chi connectivity index (χ0v) is 12.0. The molecule has 0 amide bonds. The molecular weight excluding hydrogens is 320 g/mol. The van der Waals surface area contributed by atoms with E-state index < -0.39 is 74.6 Å². The minimum Gasteiger partial charge on any atom is -0.394 e. The molecule has 0 aromatic carbocycles. The van der Waals surface area contributed by atoms with Crippen LogP contribution < -0.4 is 0 Å². The zero-order valence-electron chi connectivity index (χ0n) is 12.0. The van der Waals surface area contributed by atoms with Crippen molar-refractivity contribution < 1.29 is 55.1 Å². The van der Waals surface area contributed by atoms with Gasteiger partial charge in [-0.2, -0.15) is 0 Å². The van der Waals surface area contributed by atoms with Gasteiger partial charge in [-0.25, -0.2) is 0 Å². The lowest BCUT2D eigenvalue weighted by atomic mass is 9.97. The summed E-state index contributed by atoms with van der Waals surface area (Å²) in [5, 5.41) is 76.7. The molecule has 2 aliphatic heterocycles. The molecule has 2 saturated heterocycles. The summed E-state index contributed by atoms with van der Waals surface area (Å²) in [6.45, 7) is -1.33. The molecule has 0 unspecified atom stereocenters. The molecule has 0 aromatic heterocycles. The molecule has 0 radical (unpaired) electrons. The predicted octanol–water partition coefficient (Wildman–Crippen LogP) is -5.40. The standard InChI is InChI=1S/C12H22O11/c13-1-3-6(16)8(18)10(11(20)21-3)23-12-9(19)7(17)5(15)4(2-14)22-12/h3-20H,1-2H2/t3-,4-,5-,6-,7+,8+,9-,10-,11-,12+/m1/s1. The Balaban J connectivity index is 2.08. The lowest BCUT2D eigenvalue weighted by Crippen LogP contribution is -2.64. The van der Waals surface area contributed by atoms with Gasteiger partial charge in [-0.05, 0) is 0 Å². The Bertz CT molecular complexity index is 380. The molecule has 0 spiro atoms. The van der Waals surface area contributed by atoms with Gasteiger partial charge in [0.2, 0.25) is 0 Å². The van der Waals surface area contributed by atoms with Crippen molar-refractivity contribution in [3.63, 3.8) is 0 Å². The molecule has 2 rings (SSSR count). The molecule has 23 heavy (non-hydrogen) atoms. The minimum absolute atomic E-state index is 0.651. The van der Waals surface area contributed by atoms with E-state index in [4.69, 9.17) is 24.4 Å². The first-order valence-electron chi connectivity index (χ1n) is 7.08. The summed E-state index contributed by atoms with van der Waals surface area (Å²) in [6, 6.07) is 0. The van der Waals surface area contributed by atoms with E-state index in [1.807, 2.05) is 0 Å². The molecular formula is C12H22O11. The molecule has 2 fully saturated rings. The highest BCUT2D eigenvalue weighted by Crippen LogP contribution is 2.28. The smallest absolute Gasteiger partial charge is 0.187 e. The number of rotatable bonds is 4. The Morgan fingerprint density at radius 3 is 1.74 bits per heavy atom. The third kappa shape index (κ3) is 3.65. The highest BCUT2D eigenvalue weighted by molar-refractivity contribution is 4.93. The Labute approximate surface area is 130 Å². The van der Waals surface area contributed by atoms with Crippen molar-refractivity contribution in [1.82, 2.24) is 0 Å². The van der Waals surface area contributed by atoms with E-state index in [2.05, 4.69) is 0 Å². The van der Waals surface area contributed by atoms with E-state index in [1.54, 1.807) is 0 Å². The topological polar surface area (TPSA) is 190 Å². The Morgan fingerprint density at radius 1 is 0.652 bits per heavy atom. The summed E-state index contributed by atoms with van der Waals surface area (Å²) < 4.78 is 15.1. The van der Waals surface area contributed by atoms with Crippen molar-refractivity contribution in [1.29, 1.82) is 0 Å². The molecule has 0 bridgehead atoms. The summed E-state index contributed by atoms with van der Waals surface area (Å²) in [4.78, 5) is 0. The summed E-state index contributed by atoms with van der Waals surface area (Å²) in [5.74, 6) is 0. The summed E-state index contributed by atoms with van der Waals surface area (Å²) in [7, 11) is 0. The van der Waals surface area contributed by atoms with Gasteiger partial charge >= 0.3 is 0 Å². The molecule has 10 atom stereocenters. The van der Waals surface area contributed by atoms with Crippen LogP contribution in [0.5, 0.6) is 0 Å². The van der Waals surface area contributed by atoms with Gasteiger partial charge in [0.05, 0.1) is 13.2 Å². The third-order valence-corrected chi connectivity index (χ3v) is 3.98. The fourth-order valence-corrected chi connectivity index (χ4v) is 2.55. The van der Waals surface area contributed by atoms with Gasteiger partial charge in [0.15, 0.2) is 12.6 Å². The van der Waals surface area contributed by atoms with Crippen LogP contribution in [0, 0.1) is 0 Å². The number of aliphatic hydroxyl groups is 8. The molecule has 136 valence electrons. The van der Waals surface area contributed by atoms with Crippen molar-refractivity contribution in [2.24, 2.45) is 0 Å². The van der Waals surface area contributed by atoms with Crippen LogP contribution in [0.4, 0.5) is 0 Å². The number of hydrogen-bond acceptors (Lipinski definition) is 11. The number of aliphatic hydroxyl groups excluding tert-OH is 8. The van der Waals surface area contributed by atoms with Crippen LogP contribution in [0.25, 0.3) is 0 Å². The zero-order chi connectivity index (χ0) is 17.3. The van der Waals surface area contributed by atoms with Gasteiger partial charge in [-0.15, -0.1) is 0 Å². The largest absolute Gasteiger partial charge is 0.394 e. The summed E-state index contributed by atoms with van der Waals surface area (Å²) in [6.07, 6.45) is -15.6. The van der Waals surface area contributed by atoms with Crippen LogP contribution in [0.15, 0.2) is 0 Å². The summed E-state index contributed by atoms with van der Waals surface area (Å²) in [5.41, 5.74) is 0. The molecule has 0 saturated carbocycles. The molecule has 11 heteroatoms. The van der Waals surface area contributed by atoms with Crippen molar-refractivity contribution >= 4 is 0 Å². The van der Waals surface area contributed by atoms with E-state index in [1.165, 1.54) is 0 Å². The van der Waals surface area contributed by atoms with Gasteiger partial charge in [0.1, 0.15) is 48.8 Å². The van der Waals surface area contributed by atoms with Crippen molar-refractivity contribution in [2.75, 3.05) is 13.2 Å². The fraction of sp³-hybridized carbons (Fsp3) is 1.00. The van der Waals surface area contributed by atoms with Crippen LogP contribution in [0.1, 0.15) is 0 Å². The maximum Gasteiger partial charge on any atom is 0.187 e. The average Bonchev–Trinajstić information content (AvgIpc) is 2.54. The van der Waals surface area contributed by atoms with Crippen LogP contribution >= 0.6 is 0 Å². The highest BCUT2D eigenvalue weighted by atomic mass is 16.7. The van der Waals surface area contributed by atoms with Gasteiger partial charge in [0, 0.05) is 0 Å². The monoisotopic (exact) mass is 342 g/mol. The first kappa shape index (κ1) is 18.9. The minimum atomic E-state index is -1.75. The Kier molecular flexibility index (Phi) is 6.27. The second-order valence-corrected chi connectivity index (χ2v) is 5.53. The van der Waals surface area contributed by atoms with Crippen molar-refractivity contribution in [3.05, 3.63) is 0 Å². The predicted molar refractivity (Wildman–Crippen MR) is 68.6 cm³/mol. The first-order valence-corrected chi connectivity index (χ1v) is 7.08. The first-order chi connectivity index (χ1) is 10.8. The van der Waals surface area contributed by atoms with E-state index in [-0.39, 0.29) is 0 Å². The van der Waals surface area contributed by atoms with Crippen LogP contribution in [-0.4, -0.2) is 115 Å². The van der Waals surface area contributed by atoms with Gasteiger partial charge in [-0.3, -0.25) is 0 Å². The third-order valence-electron chi connectivity index (χ3n) is 3.98. The van der Waals surface area contributed by atoms with Crippen LogP contribution in [0.3, 0.4) is 0 Å². The molecule has 2 aliphatic rings. The Hall–Kier alpha value is -0.440. The molecule has 2 heterocycles. The van der Waals surface area contributed by atoms with E-state index in [0.29, 0.717) is 0 Å². The van der Waals surface area contributed by atoms with E-state index in [9.17, 15) is 30.6 Å². The quantitative estimate of drug-likeness (QED) is 0.243. The van der Waals surface area contributed by atoms with Crippen molar-refractivity contribution in [2.45, 2.75) is 61.4 Å². The van der Waals surface area contributed by atoms with Gasteiger partial charge < -0.3 is 55.1 Å². The maximum atomic E-state index is 9.94. The van der Waals surface area contributed by atoms with Crippen LogP contribution in [-0.2, 0) is 14.2 Å². The van der Waals surface area contributed by atoms with E-state index >= 15 is 0 Å². The number of ether oxygens (including phenoxy) is 3. The van der Waals surface area contributed by atoms with Gasteiger partial charge in [-0.1, -0.05) is 0 Å². The van der Waals surface area contributed by atoms with E-state index in [0.717, 1.165) is 0 Å². The second kappa shape index (κ2) is 7.63. The lowest BCUT2D eigenvalue weighted by molar-refractivity contribution is -0.361. The average molecular weight is 342 g/mol. The van der Waals surface area contributed by atoms with Gasteiger partial charge in [0.25, 0.3) is 0 Å². The normalized spacial score (nSPS) is 51.7. The molecule has 0 aliphatic carbocycles. The Morgan fingerprint density at radius 2 is 1.17 bits per heavy atom. The highest BCUT2D eigenvalue weighted by Gasteiger charge is 2.50. The van der Waals surface area contributed by atoms with Crippen molar-refractivity contribution in [3.8, 4) is 0 Å². The SMILES string of the molecule is OC[C@H]1O[C@@H](O[C@@H]2[C@@H](O)[C@H](O)[C@@H](CO)O[C@H]2O)[C@H](O)[C@@H](O)[C@@H]1O. The molecule has 11 nitrogen and oxygen atoms in total. The lowest BCUT2D eigenvalue weighted by Gasteiger charge is -2.44. The van der Waals surface area contributed by atoms with Crippen LogP contribution in [0.2, 0.25) is 0 Å². The number of hydrogen-bond donors (Lipinski definition) is 8. The maximum absolute atomic E-state index is 9.94. The summed E-state index contributed by atoms with van der Waals surface area (Å²) >= 11 is 0. The fourth-order valence-electron chi connectivity index (χ4n) is 2.55. The molecule has 0 aromatic rings.